The number of hydrogen-bond acceptors (Lipinski definition) is 7. The molecular weight excluding hydrogens is 348 g/mol. The van der Waals surface area contributed by atoms with Crippen LogP contribution in [-0.2, 0) is 0 Å². The van der Waals surface area contributed by atoms with Gasteiger partial charge in [0.15, 0.2) is 0 Å². The van der Waals surface area contributed by atoms with Crippen molar-refractivity contribution >= 4 is 27.3 Å². The van der Waals surface area contributed by atoms with Gasteiger partial charge in [-0.2, -0.15) is 0 Å². The summed E-state index contributed by atoms with van der Waals surface area (Å²) in [5.74, 6) is 0. The molecule has 1 aromatic carbocycles. The average Bonchev–Trinajstić information content (AvgIpc) is 2.45. The maximum Gasteiger partial charge on any atom is 0.292 e. The molecule has 0 bridgehead atoms. The topological polar surface area (TPSA) is 136 Å². The molecule has 0 amide bonds. The number of aliphatic hydroxyl groups is 4. The summed E-state index contributed by atoms with van der Waals surface area (Å²) in [4.78, 5) is 10.4. The van der Waals surface area contributed by atoms with Crippen LogP contribution in [0.4, 0.5) is 11.4 Å². The molecule has 0 spiro atoms. The van der Waals surface area contributed by atoms with E-state index in [2.05, 4.69) is 21.2 Å². The summed E-state index contributed by atoms with van der Waals surface area (Å²) in [5, 5.41) is 50.7. The Kier molecular flexibility index (Phi) is 6.49. The molecule has 3 atom stereocenters. The van der Waals surface area contributed by atoms with Crippen LogP contribution in [0.25, 0.3) is 0 Å². The molecule has 1 rings (SSSR count). The first-order valence-corrected chi connectivity index (χ1v) is 6.90. The van der Waals surface area contributed by atoms with Crippen LogP contribution < -0.4 is 5.32 Å². The zero-order valence-electron chi connectivity index (χ0n) is 11.2. The Morgan fingerprint density at radius 1 is 1.33 bits per heavy atom. The van der Waals surface area contributed by atoms with Crippen molar-refractivity contribution in [3.8, 4) is 0 Å². The molecule has 0 saturated carbocycles. The van der Waals surface area contributed by atoms with Crippen molar-refractivity contribution in [1.82, 2.24) is 0 Å². The SMILES string of the molecule is Cc1cc([N+](=O)[O-])c(NC[C@H](O)[C@H](O)[C@H](O)CO)cc1Br. The highest BCUT2D eigenvalue weighted by Gasteiger charge is 2.25. The lowest BCUT2D eigenvalue weighted by molar-refractivity contribution is -0.384. The maximum atomic E-state index is 11.0. The van der Waals surface area contributed by atoms with Gasteiger partial charge in [0.2, 0.25) is 0 Å². The van der Waals surface area contributed by atoms with Gasteiger partial charge in [-0.05, 0) is 18.6 Å². The van der Waals surface area contributed by atoms with Crippen molar-refractivity contribution < 1.29 is 25.3 Å². The number of aryl methyl sites for hydroxylation is 1. The molecule has 0 aliphatic carbocycles. The Labute approximate surface area is 129 Å². The van der Waals surface area contributed by atoms with Gasteiger partial charge in [-0.25, -0.2) is 0 Å². The molecule has 0 aliphatic heterocycles. The number of benzene rings is 1. The minimum absolute atomic E-state index is 0.167. The Morgan fingerprint density at radius 2 is 1.95 bits per heavy atom. The van der Waals surface area contributed by atoms with Crippen LogP contribution in [0.15, 0.2) is 16.6 Å². The van der Waals surface area contributed by atoms with Crippen LogP contribution in [0.3, 0.4) is 0 Å². The molecule has 21 heavy (non-hydrogen) atoms. The monoisotopic (exact) mass is 364 g/mol. The molecule has 5 N–H and O–H groups in total. The minimum Gasteiger partial charge on any atom is -0.394 e. The molecular formula is C12H17BrN2O6. The standard InChI is InChI=1S/C12H17BrN2O6/c1-6-2-9(15(20)21)8(3-7(6)13)14-4-10(17)12(19)11(18)5-16/h2-3,10-12,14,16-19H,4-5H2,1H3/t10-,11+,12-/m0/s1. The second-order valence-electron chi connectivity index (χ2n) is 4.56. The van der Waals surface area contributed by atoms with Gasteiger partial charge < -0.3 is 25.7 Å². The van der Waals surface area contributed by atoms with Crippen molar-refractivity contribution in [2.45, 2.75) is 25.2 Å². The summed E-state index contributed by atoms with van der Waals surface area (Å²) in [5.41, 5.74) is 0.686. The van der Waals surface area contributed by atoms with E-state index in [9.17, 15) is 25.4 Å². The van der Waals surface area contributed by atoms with Crippen molar-refractivity contribution in [2.24, 2.45) is 0 Å². The second kappa shape index (κ2) is 7.66. The highest BCUT2D eigenvalue weighted by atomic mass is 79.9. The van der Waals surface area contributed by atoms with Crippen LogP contribution in [-0.4, -0.2) is 56.8 Å². The van der Waals surface area contributed by atoms with Gasteiger partial charge in [0, 0.05) is 17.1 Å². The van der Waals surface area contributed by atoms with Crippen molar-refractivity contribution in [3.63, 3.8) is 0 Å². The predicted octanol–water partition coefficient (Wildman–Crippen LogP) is 0.153. The predicted molar refractivity (Wildman–Crippen MR) is 79.1 cm³/mol. The van der Waals surface area contributed by atoms with Crippen LogP contribution in [0.5, 0.6) is 0 Å². The zero-order chi connectivity index (χ0) is 16.2. The Balaban J connectivity index is 2.84. The van der Waals surface area contributed by atoms with Crippen molar-refractivity contribution in [1.29, 1.82) is 0 Å². The largest absolute Gasteiger partial charge is 0.394 e. The Hall–Kier alpha value is -1.26. The minimum atomic E-state index is -1.56. The molecule has 0 fully saturated rings. The second-order valence-corrected chi connectivity index (χ2v) is 5.42. The van der Waals surface area contributed by atoms with Gasteiger partial charge in [-0.1, -0.05) is 15.9 Å². The number of nitro groups is 1. The first kappa shape index (κ1) is 17.8. The van der Waals surface area contributed by atoms with Crippen LogP contribution in [0.1, 0.15) is 5.56 Å². The number of rotatable bonds is 7. The van der Waals surface area contributed by atoms with E-state index in [1.165, 1.54) is 12.1 Å². The van der Waals surface area contributed by atoms with E-state index in [-0.39, 0.29) is 17.9 Å². The van der Waals surface area contributed by atoms with Gasteiger partial charge >= 0.3 is 0 Å². The summed E-state index contributed by atoms with van der Waals surface area (Å²) in [6.45, 7) is 0.778. The summed E-state index contributed by atoms with van der Waals surface area (Å²) in [6.07, 6.45) is -4.44. The van der Waals surface area contributed by atoms with Gasteiger partial charge in [-0.15, -0.1) is 0 Å². The number of nitrogens with zero attached hydrogens (tertiary/aromatic N) is 1. The molecule has 118 valence electrons. The normalized spacial score (nSPS) is 15.3. The fourth-order valence-corrected chi connectivity index (χ4v) is 2.00. The lowest BCUT2D eigenvalue weighted by Crippen LogP contribution is -2.42. The number of nitro benzene ring substituents is 1. The van der Waals surface area contributed by atoms with Gasteiger partial charge in [-0.3, -0.25) is 10.1 Å². The zero-order valence-corrected chi connectivity index (χ0v) is 12.8. The van der Waals surface area contributed by atoms with Crippen LogP contribution in [0, 0.1) is 17.0 Å². The Bertz CT molecular complexity index is 513. The molecule has 8 nitrogen and oxygen atoms in total. The summed E-state index contributed by atoms with van der Waals surface area (Å²) < 4.78 is 0.654. The van der Waals surface area contributed by atoms with Gasteiger partial charge in [0.1, 0.15) is 17.9 Å². The number of hydrogen-bond donors (Lipinski definition) is 5. The van der Waals surface area contributed by atoms with Gasteiger partial charge in [0.05, 0.1) is 17.6 Å². The highest BCUT2D eigenvalue weighted by molar-refractivity contribution is 9.10. The maximum absolute atomic E-state index is 11.0. The third-order valence-corrected chi connectivity index (χ3v) is 3.81. The van der Waals surface area contributed by atoms with E-state index in [0.717, 1.165) is 0 Å². The fourth-order valence-electron chi connectivity index (χ4n) is 1.66. The average molecular weight is 365 g/mol. The van der Waals surface area contributed by atoms with Crippen LogP contribution >= 0.6 is 15.9 Å². The Morgan fingerprint density at radius 3 is 2.48 bits per heavy atom. The summed E-state index contributed by atoms with van der Waals surface area (Å²) >= 11 is 3.25. The van der Waals surface area contributed by atoms with E-state index in [1.54, 1.807) is 6.92 Å². The molecule has 0 aliphatic rings. The molecule has 9 heteroatoms. The van der Waals surface area contributed by atoms with Crippen molar-refractivity contribution in [3.05, 3.63) is 32.3 Å². The lowest BCUT2D eigenvalue weighted by atomic mass is 10.1. The van der Waals surface area contributed by atoms with E-state index < -0.39 is 29.8 Å². The lowest BCUT2D eigenvalue weighted by Gasteiger charge is -2.22. The first-order chi connectivity index (χ1) is 9.77. The van der Waals surface area contributed by atoms with Gasteiger partial charge in [0.25, 0.3) is 5.69 Å². The first-order valence-electron chi connectivity index (χ1n) is 6.11. The molecule has 1 aromatic rings. The number of anilines is 1. The molecule has 0 heterocycles. The van der Waals surface area contributed by atoms with E-state index in [4.69, 9.17) is 5.11 Å². The van der Waals surface area contributed by atoms with Crippen molar-refractivity contribution in [2.75, 3.05) is 18.5 Å². The fraction of sp³-hybridized carbons (Fsp3) is 0.500. The third kappa shape index (κ3) is 4.61. The van der Waals surface area contributed by atoms with E-state index >= 15 is 0 Å². The summed E-state index contributed by atoms with van der Waals surface area (Å²) in [6, 6.07) is 2.87. The third-order valence-electron chi connectivity index (χ3n) is 2.95. The van der Waals surface area contributed by atoms with E-state index in [0.29, 0.717) is 10.0 Å². The number of nitrogens with one attached hydrogen (secondary N) is 1. The molecule has 0 saturated heterocycles. The smallest absolute Gasteiger partial charge is 0.292 e. The van der Waals surface area contributed by atoms with Crippen LogP contribution in [0.2, 0.25) is 0 Å². The quantitative estimate of drug-likeness (QED) is 0.343. The van der Waals surface area contributed by atoms with E-state index in [1.807, 2.05) is 0 Å². The highest BCUT2D eigenvalue weighted by Crippen LogP contribution is 2.31. The molecule has 0 unspecified atom stereocenters. The number of halogens is 1. The number of aliphatic hydroxyl groups excluding tert-OH is 4. The molecule has 0 radical (unpaired) electrons. The molecule has 0 aromatic heterocycles. The summed E-state index contributed by atoms with van der Waals surface area (Å²) in [7, 11) is 0.